The van der Waals surface area contributed by atoms with Crippen LogP contribution in [-0.2, 0) is 4.79 Å². The highest BCUT2D eigenvalue weighted by Gasteiger charge is 2.41. The van der Waals surface area contributed by atoms with Crippen LogP contribution in [0.25, 0.3) is 0 Å². The van der Waals surface area contributed by atoms with E-state index in [1.54, 1.807) is 0 Å². The fourth-order valence-corrected chi connectivity index (χ4v) is 1.75. The number of hydrogen-bond donors (Lipinski definition) is 2. The maximum atomic E-state index is 11.1. The second-order valence-corrected chi connectivity index (χ2v) is 3.52. The Labute approximate surface area is 67.3 Å². The van der Waals surface area contributed by atoms with E-state index in [0.29, 0.717) is 5.92 Å². The molecule has 0 aromatic heterocycles. The zero-order chi connectivity index (χ0) is 8.48. The summed E-state index contributed by atoms with van der Waals surface area (Å²) in [4.78, 5) is 11.1. The van der Waals surface area contributed by atoms with Gasteiger partial charge in [0.05, 0.1) is 5.54 Å². The lowest BCUT2D eigenvalue weighted by Crippen LogP contribution is -2.55. The van der Waals surface area contributed by atoms with Gasteiger partial charge in [-0.2, -0.15) is 0 Å². The summed E-state index contributed by atoms with van der Waals surface area (Å²) in [5, 5.41) is 3.19. The van der Waals surface area contributed by atoms with Crippen molar-refractivity contribution in [2.24, 2.45) is 11.7 Å². The zero-order valence-electron chi connectivity index (χ0n) is 7.18. The lowest BCUT2D eigenvalue weighted by molar-refractivity contribution is -0.125. The normalized spacial score (nSPS) is 31.2. The molecule has 0 bridgehead atoms. The monoisotopic (exact) mass is 156 g/mol. The number of carbonyl (C=O) groups is 1. The largest absolute Gasteiger partial charge is 0.368 e. The summed E-state index contributed by atoms with van der Waals surface area (Å²) < 4.78 is 0. The number of primary amides is 1. The van der Waals surface area contributed by atoms with Crippen LogP contribution >= 0.6 is 0 Å². The minimum Gasteiger partial charge on any atom is -0.368 e. The van der Waals surface area contributed by atoms with E-state index in [9.17, 15) is 4.79 Å². The van der Waals surface area contributed by atoms with E-state index in [2.05, 4.69) is 5.32 Å². The molecule has 3 nitrogen and oxygen atoms in total. The highest BCUT2D eigenvalue weighted by atomic mass is 16.1. The van der Waals surface area contributed by atoms with Crippen molar-refractivity contribution in [3.63, 3.8) is 0 Å². The second-order valence-electron chi connectivity index (χ2n) is 3.52. The quantitative estimate of drug-likeness (QED) is 0.602. The molecule has 1 atom stereocenters. The topological polar surface area (TPSA) is 55.1 Å². The molecule has 1 saturated heterocycles. The van der Waals surface area contributed by atoms with Crippen LogP contribution in [-0.4, -0.2) is 18.0 Å². The Morgan fingerprint density at radius 3 is 2.45 bits per heavy atom. The molecule has 1 aliphatic heterocycles. The van der Waals surface area contributed by atoms with Crippen LogP contribution in [0.15, 0.2) is 0 Å². The Morgan fingerprint density at radius 1 is 1.64 bits per heavy atom. The van der Waals surface area contributed by atoms with Gasteiger partial charge < -0.3 is 11.1 Å². The molecule has 0 unspecified atom stereocenters. The van der Waals surface area contributed by atoms with Crippen LogP contribution in [0.5, 0.6) is 0 Å². The summed E-state index contributed by atoms with van der Waals surface area (Å²) in [6.45, 7) is 4.98. The summed E-state index contributed by atoms with van der Waals surface area (Å²) in [6.07, 6.45) is 1.95. The zero-order valence-corrected chi connectivity index (χ0v) is 7.18. The molecule has 1 amide bonds. The van der Waals surface area contributed by atoms with E-state index in [1.165, 1.54) is 0 Å². The molecule has 0 aliphatic carbocycles. The number of nitrogens with one attached hydrogen (secondary N) is 1. The molecule has 0 spiro atoms. The molecule has 0 aromatic carbocycles. The van der Waals surface area contributed by atoms with Gasteiger partial charge in [0.1, 0.15) is 0 Å². The fourth-order valence-electron chi connectivity index (χ4n) is 1.75. The third-order valence-electron chi connectivity index (χ3n) is 2.61. The van der Waals surface area contributed by atoms with Crippen molar-refractivity contribution < 1.29 is 4.79 Å². The van der Waals surface area contributed by atoms with Crippen molar-refractivity contribution in [1.29, 1.82) is 0 Å². The summed E-state index contributed by atoms with van der Waals surface area (Å²) in [5.74, 6) is 0.0903. The first-order valence-corrected chi connectivity index (χ1v) is 4.14. The predicted molar refractivity (Wildman–Crippen MR) is 44.0 cm³/mol. The summed E-state index contributed by atoms with van der Waals surface area (Å²) >= 11 is 0. The van der Waals surface area contributed by atoms with Crippen LogP contribution in [0, 0.1) is 5.92 Å². The van der Waals surface area contributed by atoms with E-state index in [-0.39, 0.29) is 5.91 Å². The van der Waals surface area contributed by atoms with Gasteiger partial charge in [-0.3, -0.25) is 4.79 Å². The number of amides is 1. The van der Waals surface area contributed by atoms with Gasteiger partial charge in [0, 0.05) is 0 Å². The van der Waals surface area contributed by atoms with Gasteiger partial charge in [-0.1, -0.05) is 13.8 Å². The molecule has 1 aliphatic rings. The first-order valence-electron chi connectivity index (χ1n) is 4.14. The maximum absolute atomic E-state index is 11.1. The Kier molecular flexibility index (Phi) is 2.18. The van der Waals surface area contributed by atoms with Crippen molar-refractivity contribution in [3.05, 3.63) is 0 Å². The van der Waals surface area contributed by atoms with Crippen LogP contribution in [0.1, 0.15) is 26.7 Å². The molecular formula is C8H16N2O. The van der Waals surface area contributed by atoms with Gasteiger partial charge in [-0.15, -0.1) is 0 Å². The molecule has 1 fully saturated rings. The molecule has 0 aromatic rings. The molecular weight excluding hydrogens is 140 g/mol. The van der Waals surface area contributed by atoms with E-state index in [1.807, 2.05) is 13.8 Å². The van der Waals surface area contributed by atoms with Gasteiger partial charge >= 0.3 is 0 Å². The Balaban J connectivity index is 2.79. The molecule has 0 saturated carbocycles. The third kappa shape index (κ3) is 1.25. The first kappa shape index (κ1) is 8.53. The highest BCUT2D eigenvalue weighted by molar-refractivity contribution is 5.85. The predicted octanol–water partition coefficient (Wildman–Crippen LogP) is 0.250. The van der Waals surface area contributed by atoms with E-state index in [4.69, 9.17) is 5.73 Å². The van der Waals surface area contributed by atoms with Gasteiger partial charge in [0.2, 0.25) is 5.91 Å². The van der Waals surface area contributed by atoms with Gasteiger partial charge in [-0.25, -0.2) is 0 Å². The molecule has 3 heteroatoms. The lowest BCUT2D eigenvalue weighted by Gasteiger charge is -2.29. The first-order chi connectivity index (χ1) is 5.09. The van der Waals surface area contributed by atoms with Crippen molar-refractivity contribution in [2.45, 2.75) is 32.2 Å². The second kappa shape index (κ2) is 2.81. The average molecular weight is 156 g/mol. The molecule has 1 rings (SSSR count). The number of hydrogen-bond acceptors (Lipinski definition) is 2. The maximum Gasteiger partial charge on any atom is 0.237 e. The van der Waals surface area contributed by atoms with Crippen LogP contribution in [0.4, 0.5) is 0 Å². The minimum absolute atomic E-state index is 0.204. The van der Waals surface area contributed by atoms with Crippen LogP contribution < -0.4 is 11.1 Å². The van der Waals surface area contributed by atoms with Crippen molar-refractivity contribution in [1.82, 2.24) is 5.32 Å². The number of carbonyl (C=O) groups excluding carboxylic acids is 1. The van der Waals surface area contributed by atoms with E-state index in [0.717, 1.165) is 19.4 Å². The summed E-state index contributed by atoms with van der Waals surface area (Å²) in [6, 6.07) is 0. The molecule has 1 heterocycles. The van der Waals surface area contributed by atoms with Gasteiger partial charge in [0.15, 0.2) is 0 Å². The minimum atomic E-state index is -0.417. The Morgan fingerprint density at radius 2 is 2.27 bits per heavy atom. The van der Waals surface area contributed by atoms with Gasteiger partial charge in [0.25, 0.3) is 0 Å². The summed E-state index contributed by atoms with van der Waals surface area (Å²) in [7, 11) is 0. The Hall–Kier alpha value is -0.570. The van der Waals surface area contributed by atoms with E-state index < -0.39 is 5.54 Å². The third-order valence-corrected chi connectivity index (χ3v) is 2.61. The highest BCUT2D eigenvalue weighted by Crippen LogP contribution is 2.26. The molecule has 3 N–H and O–H groups in total. The van der Waals surface area contributed by atoms with Crippen molar-refractivity contribution in [3.8, 4) is 0 Å². The number of nitrogens with two attached hydrogens (primary N) is 1. The fraction of sp³-hybridized carbons (Fsp3) is 0.875. The van der Waals surface area contributed by atoms with Crippen LogP contribution in [0.3, 0.4) is 0 Å². The van der Waals surface area contributed by atoms with Crippen LogP contribution in [0.2, 0.25) is 0 Å². The standard InChI is InChI=1S/C8H16N2O/c1-6(2)8(7(9)11)4-3-5-10-8/h6,10H,3-5H2,1-2H3,(H2,9,11)/t8-/m1/s1. The SMILES string of the molecule is CC(C)[C@@]1(C(N)=O)CCCN1. The number of rotatable bonds is 2. The van der Waals surface area contributed by atoms with Gasteiger partial charge in [-0.05, 0) is 25.3 Å². The average Bonchev–Trinajstić information content (AvgIpc) is 2.34. The van der Waals surface area contributed by atoms with Crippen molar-refractivity contribution in [2.75, 3.05) is 6.54 Å². The lowest BCUT2D eigenvalue weighted by atomic mass is 9.84. The smallest absolute Gasteiger partial charge is 0.237 e. The molecule has 0 radical (unpaired) electrons. The van der Waals surface area contributed by atoms with Crippen molar-refractivity contribution >= 4 is 5.91 Å². The molecule has 11 heavy (non-hydrogen) atoms. The summed E-state index contributed by atoms with van der Waals surface area (Å²) in [5.41, 5.74) is 4.92. The van der Waals surface area contributed by atoms with E-state index >= 15 is 0 Å². The molecule has 64 valence electrons. The Bertz CT molecular complexity index is 159.